The van der Waals surface area contributed by atoms with Gasteiger partial charge in [-0.05, 0) is 37.5 Å². The van der Waals surface area contributed by atoms with Crippen LogP contribution in [-0.2, 0) is 29.4 Å². The van der Waals surface area contributed by atoms with Gasteiger partial charge >= 0.3 is 5.97 Å². The number of nitrogens with zero attached hydrogens (tertiary/aromatic N) is 1. The van der Waals surface area contributed by atoms with Crippen LogP contribution >= 0.6 is 11.6 Å². The third-order valence-electron chi connectivity index (χ3n) is 5.04. The fourth-order valence-corrected chi connectivity index (χ4v) is 6.87. The first-order chi connectivity index (χ1) is 14.1. The summed E-state index contributed by atoms with van der Waals surface area (Å²) in [5.74, 6) is -1.72. The summed E-state index contributed by atoms with van der Waals surface area (Å²) in [6.45, 7) is 0.207. The Balaban J connectivity index is 1.64. The second-order valence-corrected chi connectivity index (χ2v) is 11.9. The molecule has 2 aliphatic heterocycles. The van der Waals surface area contributed by atoms with Gasteiger partial charge in [0.1, 0.15) is 0 Å². The highest BCUT2D eigenvalue weighted by molar-refractivity contribution is 7.91. The second kappa shape index (κ2) is 9.21. The maximum absolute atomic E-state index is 12.8. The number of ether oxygens (including phenoxy) is 1. The van der Waals surface area contributed by atoms with E-state index in [-0.39, 0.29) is 27.0 Å². The second-order valence-electron chi connectivity index (χ2n) is 7.35. The molecule has 2 heterocycles. The predicted octanol–water partition coefficient (Wildman–Crippen LogP) is 0.975. The molecule has 1 N–H and O–H groups in total. The number of nitrogens with one attached hydrogen (secondary N) is 1. The van der Waals surface area contributed by atoms with E-state index in [4.69, 9.17) is 16.3 Å². The van der Waals surface area contributed by atoms with Gasteiger partial charge in [0.25, 0.3) is 5.91 Å². The summed E-state index contributed by atoms with van der Waals surface area (Å²) in [6.07, 6.45) is 2.83. The molecule has 1 amide bonds. The van der Waals surface area contributed by atoms with Gasteiger partial charge in [-0.2, -0.15) is 4.31 Å². The Hall–Kier alpha value is -1.69. The SMILES string of the molecule is O=C(COC(=O)c1cc(S(=O)(=O)N2CCCCC2)ccc1Cl)N[C@@H]1CCS(=O)(=O)C1. The van der Waals surface area contributed by atoms with E-state index in [1.54, 1.807) is 0 Å². The van der Waals surface area contributed by atoms with E-state index in [1.807, 2.05) is 0 Å². The third-order valence-corrected chi connectivity index (χ3v) is 9.03. The highest BCUT2D eigenvalue weighted by atomic mass is 35.5. The number of hydrogen-bond donors (Lipinski definition) is 1. The Morgan fingerprint density at radius 1 is 1.20 bits per heavy atom. The molecule has 1 atom stereocenters. The van der Waals surface area contributed by atoms with Gasteiger partial charge in [0, 0.05) is 19.1 Å². The lowest BCUT2D eigenvalue weighted by atomic mass is 10.2. The number of esters is 1. The molecule has 1 aromatic rings. The van der Waals surface area contributed by atoms with Gasteiger partial charge in [-0.3, -0.25) is 4.79 Å². The summed E-state index contributed by atoms with van der Waals surface area (Å²) in [4.78, 5) is 24.3. The standard InChI is InChI=1S/C18H23ClN2O7S2/c19-16-5-4-14(30(26,27)21-7-2-1-3-8-21)10-15(16)18(23)28-11-17(22)20-13-6-9-29(24,25)12-13/h4-5,10,13H,1-3,6-9,11-12H2,(H,20,22)/t13-/m1/s1. The minimum atomic E-state index is -3.76. The number of sulfone groups is 1. The van der Waals surface area contributed by atoms with Crippen molar-refractivity contribution in [2.45, 2.75) is 36.6 Å². The molecule has 0 spiro atoms. The van der Waals surface area contributed by atoms with Gasteiger partial charge in [0.05, 0.1) is 27.0 Å². The Morgan fingerprint density at radius 3 is 2.53 bits per heavy atom. The highest BCUT2D eigenvalue weighted by Crippen LogP contribution is 2.25. The van der Waals surface area contributed by atoms with Crippen LogP contribution in [-0.4, -0.2) is 70.3 Å². The lowest BCUT2D eigenvalue weighted by Crippen LogP contribution is -2.38. The topological polar surface area (TPSA) is 127 Å². The predicted molar refractivity (Wildman–Crippen MR) is 110 cm³/mol. The summed E-state index contributed by atoms with van der Waals surface area (Å²) in [7, 11) is -6.91. The van der Waals surface area contributed by atoms with Gasteiger partial charge in [0.2, 0.25) is 10.0 Å². The van der Waals surface area contributed by atoms with Gasteiger partial charge in [0.15, 0.2) is 16.4 Å². The third kappa shape index (κ3) is 5.51. The average molecular weight is 479 g/mol. The van der Waals surface area contributed by atoms with E-state index >= 15 is 0 Å². The molecule has 0 radical (unpaired) electrons. The van der Waals surface area contributed by atoms with Crippen molar-refractivity contribution in [3.8, 4) is 0 Å². The molecule has 0 aliphatic carbocycles. The van der Waals surface area contributed by atoms with E-state index in [1.165, 1.54) is 16.4 Å². The molecule has 9 nitrogen and oxygen atoms in total. The van der Waals surface area contributed by atoms with E-state index in [2.05, 4.69) is 5.32 Å². The molecule has 2 saturated heterocycles. The first-order valence-electron chi connectivity index (χ1n) is 9.55. The number of carbonyl (C=O) groups is 2. The molecule has 2 aliphatic rings. The summed E-state index contributed by atoms with van der Waals surface area (Å²) in [6, 6.07) is 3.27. The molecular formula is C18H23ClN2O7S2. The number of hydrogen-bond acceptors (Lipinski definition) is 7. The van der Waals surface area contributed by atoms with Crippen LogP contribution in [0.5, 0.6) is 0 Å². The number of amides is 1. The van der Waals surface area contributed by atoms with Gasteiger partial charge in [-0.25, -0.2) is 21.6 Å². The normalized spacial score (nSPS) is 21.8. The molecule has 0 unspecified atom stereocenters. The molecule has 12 heteroatoms. The van der Waals surface area contributed by atoms with Crippen LogP contribution in [0, 0.1) is 0 Å². The zero-order valence-corrected chi connectivity index (χ0v) is 18.6. The summed E-state index contributed by atoms with van der Waals surface area (Å²) < 4.78 is 54.8. The van der Waals surface area contributed by atoms with Crippen molar-refractivity contribution in [2.75, 3.05) is 31.2 Å². The number of rotatable bonds is 6. The highest BCUT2D eigenvalue weighted by Gasteiger charge is 2.30. The van der Waals surface area contributed by atoms with Crippen LogP contribution in [0.4, 0.5) is 0 Å². The maximum Gasteiger partial charge on any atom is 0.340 e. The monoisotopic (exact) mass is 478 g/mol. The molecular weight excluding hydrogens is 456 g/mol. The summed E-state index contributed by atoms with van der Waals surface area (Å²) in [5.41, 5.74) is -0.161. The number of piperidine rings is 1. The molecule has 3 rings (SSSR count). The van der Waals surface area contributed by atoms with Crippen molar-refractivity contribution in [1.29, 1.82) is 0 Å². The number of benzene rings is 1. The number of halogens is 1. The average Bonchev–Trinajstić information content (AvgIpc) is 3.05. The Morgan fingerprint density at radius 2 is 1.90 bits per heavy atom. The smallest absolute Gasteiger partial charge is 0.340 e. The Labute approximate surface area is 180 Å². The van der Waals surface area contributed by atoms with Crippen molar-refractivity contribution >= 4 is 43.3 Å². The first kappa shape index (κ1) is 23.0. The van der Waals surface area contributed by atoms with Crippen molar-refractivity contribution < 1.29 is 31.2 Å². The molecule has 30 heavy (non-hydrogen) atoms. The van der Waals surface area contributed by atoms with Crippen LogP contribution in [0.3, 0.4) is 0 Å². The fraction of sp³-hybridized carbons (Fsp3) is 0.556. The van der Waals surface area contributed by atoms with E-state index in [0.29, 0.717) is 19.5 Å². The molecule has 2 fully saturated rings. The summed E-state index contributed by atoms with van der Waals surface area (Å²) >= 11 is 6.03. The van der Waals surface area contributed by atoms with Crippen LogP contribution in [0.1, 0.15) is 36.0 Å². The lowest BCUT2D eigenvalue weighted by molar-refractivity contribution is -0.124. The summed E-state index contributed by atoms with van der Waals surface area (Å²) in [5, 5.41) is 2.50. The van der Waals surface area contributed by atoms with Gasteiger partial charge in [-0.1, -0.05) is 18.0 Å². The van der Waals surface area contributed by atoms with E-state index in [9.17, 15) is 26.4 Å². The van der Waals surface area contributed by atoms with Crippen molar-refractivity contribution in [1.82, 2.24) is 9.62 Å². The molecule has 0 saturated carbocycles. The van der Waals surface area contributed by atoms with E-state index in [0.717, 1.165) is 25.3 Å². The minimum Gasteiger partial charge on any atom is -0.452 e. The zero-order valence-electron chi connectivity index (χ0n) is 16.2. The Kier molecular flexibility index (Phi) is 7.05. The molecule has 1 aromatic carbocycles. The fourth-order valence-electron chi connectivity index (χ4n) is 3.46. The quantitative estimate of drug-likeness (QED) is 0.603. The van der Waals surface area contributed by atoms with Gasteiger partial charge < -0.3 is 10.1 Å². The van der Waals surface area contributed by atoms with Crippen molar-refractivity contribution in [3.63, 3.8) is 0 Å². The van der Waals surface area contributed by atoms with Crippen molar-refractivity contribution in [3.05, 3.63) is 28.8 Å². The zero-order chi connectivity index (χ0) is 21.9. The van der Waals surface area contributed by atoms with Crippen molar-refractivity contribution in [2.24, 2.45) is 0 Å². The number of carbonyl (C=O) groups excluding carboxylic acids is 2. The lowest BCUT2D eigenvalue weighted by Gasteiger charge is -2.26. The van der Waals surface area contributed by atoms with Crippen LogP contribution in [0.25, 0.3) is 0 Å². The number of sulfonamides is 1. The van der Waals surface area contributed by atoms with Gasteiger partial charge in [-0.15, -0.1) is 0 Å². The van der Waals surface area contributed by atoms with E-state index < -0.39 is 44.4 Å². The largest absolute Gasteiger partial charge is 0.452 e. The van der Waals surface area contributed by atoms with Crippen LogP contribution < -0.4 is 5.32 Å². The van der Waals surface area contributed by atoms with Crippen LogP contribution in [0.15, 0.2) is 23.1 Å². The minimum absolute atomic E-state index is 0.000103. The molecule has 166 valence electrons. The Bertz CT molecular complexity index is 1030. The first-order valence-corrected chi connectivity index (χ1v) is 13.2. The maximum atomic E-state index is 12.8. The molecule has 0 aromatic heterocycles. The van der Waals surface area contributed by atoms with Crippen LogP contribution in [0.2, 0.25) is 5.02 Å². The molecule has 0 bridgehead atoms.